The Labute approximate surface area is 219 Å². The first-order valence-corrected chi connectivity index (χ1v) is 13.3. The number of cyclic esters (lactones) is 1. The molecule has 8 nitrogen and oxygen atoms in total. The van der Waals surface area contributed by atoms with Crippen molar-refractivity contribution >= 4 is 35.3 Å². The van der Waals surface area contributed by atoms with E-state index in [1.165, 1.54) is 0 Å². The quantitative estimate of drug-likeness (QED) is 0.453. The molecule has 0 spiro atoms. The lowest BCUT2D eigenvalue weighted by atomic mass is 9.94. The van der Waals surface area contributed by atoms with E-state index >= 15 is 0 Å². The van der Waals surface area contributed by atoms with Crippen LogP contribution in [0.5, 0.6) is 0 Å². The summed E-state index contributed by atoms with van der Waals surface area (Å²) in [4.78, 5) is 52.4. The van der Waals surface area contributed by atoms with Crippen molar-refractivity contribution in [3.8, 4) is 0 Å². The van der Waals surface area contributed by atoms with Gasteiger partial charge >= 0.3 is 5.97 Å². The maximum atomic E-state index is 13.2. The monoisotopic (exact) mass is 521 g/mol. The molecule has 1 aliphatic rings. The van der Waals surface area contributed by atoms with Crippen molar-refractivity contribution in [1.29, 1.82) is 0 Å². The van der Waals surface area contributed by atoms with E-state index in [1.54, 1.807) is 31.2 Å². The lowest BCUT2D eigenvalue weighted by molar-refractivity contribution is -0.158. The van der Waals surface area contributed by atoms with Crippen LogP contribution < -0.4 is 16.0 Å². The molecule has 36 heavy (non-hydrogen) atoms. The molecule has 3 amide bonds. The van der Waals surface area contributed by atoms with Gasteiger partial charge in [0.25, 0.3) is 0 Å². The number of esters is 1. The number of hydrogen-bond donors (Lipinski definition) is 3. The fourth-order valence-corrected chi connectivity index (χ4v) is 4.25. The zero-order valence-corrected chi connectivity index (χ0v) is 22.7. The van der Waals surface area contributed by atoms with Crippen LogP contribution in [-0.2, 0) is 30.3 Å². The van der Waals surface area contributed by atoms with Gasteiger partial charge in [-0.1, -0.05) is 70.7 Å². The van der Waals surface area contributed by atoms with Crippen molar-refractivity contribution < 1.29 is 23.9 Å². The van der Waals surface area contributed by atoms with E-state index in [1.807, 2.05) is 20.8 Å². The first-order valence-electron chi connectivity index (χ1n) is 12.9. The predicted octanol–water partition coefficient (Wildman–Crippen LogP) is 3.54. The summed E-state index contributed by atoms with van der Waals surface area (Å²) in [5.41, 5.74) is 0.803. The molecule has 0 aromatic heterocycles. The molecule has 3 N–H and O–H groups in total. The number of unbranched alkanes of at least 4 members (excludes halogenated alkanes) is 1. The second-order valence-electron chi connectivity index (χ2n) is 9.85. The highest BCUT2D eigenvalue weighted by molar-refractivity contribution is 6.30. The van der Waals surface area contributed by atoms with Gasteiger partial charge in [-0.15, -0.1) is 0 Å². The second-order valence-corrected chi connectivity index (χ2v) is 10.3. The molecule has 1 aromatic carbocycles. The summed E-state index contributed by atoms with van der Waals surface area (Å²) in [5.74, 6) is -2.18. The van der Waals surface area contributed by atoms with Gasteiger partial charge < -0.3 is 20.7 Å². The number of benzene rings is 1. The van der Waals surface area contributed by atoms with Crippen LogP contribution in [-0.4, -0.2) is 47.9 Å². The van der Waals surface area contributed by atoms with Crippen LogP contribution in [0.1, 0.15) is 72.3 Å². The Kier molecular flexibility index (Phi) is 11.7. The van der Waals surface area contributed by atoms with Gasteiger partial charge in [0, 0.05) is 11.4 Å². The highest BCUT2D eigenvalue weighted by Gasteiger charge is 2.35. The number of carbonyl (C=O) groups excluding carboxylic acids is 4. The van der Waals surface area contributed by atoms with E-state index in [4.69, 9.17) is 16.3 Å². The Morgan fingerprint density at radius 2 is 1.64 bits per heavy atom. The van der Waals surface area contributed by atoms with Gasteiger partial charge in [0.2, 0.25) is 17.7 Å². The van der Waals surface area contributed by atoms with Gasteiger partial charge in [-0.05, 0) is 42.9 Å². The summed E-state index contributed by atoms with van der Waals surface area (Å²) in [6, 6.07) is 4.29. The molecule has 0 saturated carbocycles. The number of halogens is 1. The number of carbonyl (C=O) groups is 4. The summed E-state index contributed by atoms with van der Waals surface area (Å²) in [5, 5.41) is 8.80. The maximum absolute atomic E-state index is 13.2. The van der Waals surface area contributed by atoms with Gasteiger partial charge in [-0.2, -0.15) is 0 Å². The zero-order chi connectivity index (χ0) is 26.8. The minimum Gasteiger partial charge on any atom is -0.460 e. The van der Waals surface area contributed by atoms with Crippen molar-refractivity contribution in [2.75, 3.05) is 0 Å². The van der Waals surface area contributed by atoms with Crippen molar-refractivity contribution in [3.05, 3.63) is 34.9 Å². The summed E-state index contributed by atoms with van der Waals surface area (Å²) in [7, 11) is 0. The van der Waals surface area contributed by atoms with Gasteiger partial charge in [-0.25, -0.2) is 4.79 Å². The highest BCUT2D eigenvalue weighted by Crippen LogP contribution is 2.21. The Balaban J connectivity index is 2.38. The molecule has 0 bridgehead atoms. The smallest absolute Gasteiger partial charge is 0.329 e. The summed E-state index contributed by atoms with van der Waals surface area (Å²) < 4.78 is 5.87. The summed E-state index contributed by atoms with van der Waals surface area (Å²) in [6.07, 6.45) is 2.80. The largest absolute Gasteiger partial charge is 0.460 e. The predicted molar refractivity (Wildman–Crippen MR) is 139 cm³/mol. The van der Waals surface area contributed by atoms with Crippen molar-refractivity contribution in [1.82, 2.24) is 16.0 Å². The lowest BCUT2D eigenvalue weighted by Gasteiger charge is -2.29. The number of rotatable bonds is 8. The minimum absolute atomic E-state index is 0.0690. The van der Waals surface area contributed by atoms with E-state index < -0.39 is 47.9 Å². The Bertz CT molecular complexity index is 907. The molecule has 6 atom stereocenters. The normalized spacial score (nSPS) is 25.7. The van der Waals surface area contributed by atoms with E-state index in [-0.39, 0.29) is 24.7 Å². The molecule has 0 radical (unpaired) electrons. The van der Waals surface area contributed by atoms with Gasteiger partial charge in [0.15, 0.2) is 0 Å². The van der Waals surface area contributed by atoms with E-state index in [0.29, 0.717) is 11.4 Å². The van der Waals surface area contributed by atoms with Crippen LogP contribution >= 0.6 is 11.6 Å². The molecule has 9 heteroatoms. The van der Waals surface area contributed by atoms with Crippen LogP contribution in [0, 0.1) is 11.8 Å². The SMILES string of the molecule is CCCC[C@H](C)[C@@H]1CC(=O)N[C@@H](Cc2ccc(Cl)cc2)C(=O)N[C@@H](C)C(=O)NC([C@H](C)CC)C(=O)O1. The molecule has 0 aliphatic carbocycles. The van der Waals surface area contributed by atoms with Crippen LogP contribution in [0.15, 0.2) is 24.3 Å². The van der Waals surface area contributed by atoms with Crippen LogP contribution in [0.25, 0.3) is 0 Å². The van der Waals surface area contributed by atoms with Gasteiger partial charge in [0.05, 0.1) is 6.42 Å². The third-order valence-corrected chi connectivity index (χ3v) is 7.08. The van der Waals surface area contributed by atoms with Crippen molar-refractivity contribution in [3.63, 3.8) is 0 Å². The third kappa shape index (κ3) is 8.80. The number of hydrogen-bond acceptors (Lipinski definition) is 5. The summed E-state index contributed by atoms with van der Waals surface area (Å²) in [6.45, 7) is 9.36. The fourth-order valence-electron chi connectivity index (χ4n) is 4.12. The number of nitrogens with one attached hydrogen (secondary N) is 3. The minimum atomic E-state index is -0.915. The summed E-state index contributed by atoms with van der Waals surface area (Å²) >= 11 is 5.98. The first-order chi connectivity index (χ1) is 17.0. The first kappa shape index (κ1) is 29.6. The maximum Gasteiger partial charge on any atom is 0.329 e. The molecular formula is C27H40ClN3O5. The number of ether oxygens (including phenoxy) is 1. The lowest BCUT2D eigenvalue weighted by Crippen LogP contribution is -2.55. The van der Waals surface area contributed by atoms with E-state index in [0.717, 1.165) is 24.8 Å². The topological polar surface area (TPSA) is 114 Å². The van der Waals surface area contributed by atoms with E-state index in [2.05, 4.69) is 22.9 Å². The fraction of sp³-hybridized carbons (Fsp3) is 0.630. The molecule has 1 aliphatic heterocycles. The molecule has 200 valence electrons. The average molecular weight is 522 g/mol. The second kappa shape index (κ2) is 14.2. The van der Waals surface area contributed by atoms with Crippen molar-refractivity contribution in [2.45, 2.75) is 97.4 Å². The van der Waals surface area contributed by atoms with E-state index in [9.17, 15) is 19.2 Å². The average Bonchev–Trinajstić information content (AvgIpc) is 2.85. The highest BCUT2D eigenvalue weighted by atomic mass is 35.5. The Morgan fingerprint density at radius 1 is 0.972 bits per heavy atom. The standard InChI is InChI=1S/C27H40ClN3O5/c1-6-8-9-17(4)22-15-23(32)30-21(14-19-10-12-20(28)13-11-19)26(34)29-18(5)25(33)31-24(16(3)7-2)27(35)36-22/h10-13,16-18,21-22,24H,6-9,14-15H2,1-5H3,(H,29,34)(H,30,32)(H,31,33)/t16-,17+,18+,21+,22+,24?/m1/s1. The Hall–Kier alpha value is -2.61. The van der Waals surface area contributed by atoms with Gasteiger partial charge in [0.1, 0.15) is 24.2 Å². The van der Waals surface area contributed by atoms with Crippen molar-refractivity contribution in [2.24, 2.45) is 11.8 Å². The molecule has 1 heterocycles. The molecule has 1 aromatic rings. The zero-order valence-electron chi connectivity index (χ0n) is 21.9. The molecule has 1 fully saturated rings. The Morgan fingerprint density at radius 3 is 2.25 bits per heavy atom. The van der Waals surface area contributed by atoms with Crippen LogP contribution in [0.3, 0.4) is 0 Å². The molecular weight excluding hydrogens is 482 g/mol. The van der Waals surface area contributed by atoms with Gasteiger partial charge in [-0.3, -0.25) is 14.4 Å². The molecule has 1 saturated heterocycles. The molecule has 2 rings (SSSR count). The van der Waals surface area contributed by atoms with Crippen LogP contribution in [0.2, 0.25) is 5.02 Å². The molecule has 1 unspecified atom stereocenters. The third-order valence-electron chi connectivity index (χ3n) is 6.82. The number of amides is 3. The van der Waals surface area contributed by atoms with Crippen LogP contribution in [0.4, 0.5) is 0 Å².